The van der Waals surface area contributed by atoms with Crippen molar-refractivity contribution >= 4 is 26.1 Å². The van der Waals surface area contributed by atoms with Crippen LogP contribution in [0.5, 0.6) is 0 Å². The first-order valence-electron chi connectivity index (χ1n) is 5.11. The second-order valence-corrected chi connectivity index (χ2v) is 7.41. The zero-order valence-corrected chi connectivity index (χ0v) is 11.8. The topological polar surface area (TPSA) is 110 Å². The molecule has 1 N–H and O–H groups in total. The van der Waals surface area contributed by atoms with Gasteiger partial charge >= 0.3 is 10.2 Å². The summed E-state index contributed by atoms with van der Waals surface area (Å²) < 4.78 is 50.7. The Morgan fingerprint density at radius 1 is 1.16 bits per heavy atom. The number of isocyanates is 1. The second kappa shape index (κ2) is 5.62. The number of aryl methyl sites for hydroxylation is 1. The van der Waals surface area contributed by atoms with Crippen LogP contribution in [0.3, 0.4) is 0 Å². The van der Waals surface area contributed by atoms with Crippen LogP contribution in [0, 0.1) is 6.92 Å². The molecule has 1 aromatic carbocycles. The number of nitrogens with one attached hydrogen (secondary N) is 1. The predicted octanol–water partition coefficient (Wildman–Crippen LogP) is 0.285. The Labute approximate surface area is 111 Å². The van der Waals surface area contributed by atoms with E-state index >= 15 is 0 Å². The highest BCUT2D eigenvalue weighted by molar-refractivity contribution is 7.94. The molecule has 0 aromatic heterocycles. The molecule has 0 saturated carbocycles. The van der Waals surface area contributed by atoms with Crippen LogP contribution in [0.4, 0.5) is 0 Å². The van der Waals surface area contributed by atoms with Gasteiger partial charge in [-0.25, -0.2) is 13.2 Å². The van der Waals surface area contributed by atoms with Crippen LogP contribution in [0.1, 0.15) is 12.5 Å². The van der Waals surface area contributed by atoms with Gasteiger partial charge in [-0.3, -0.25) is 0 Å². The minimum Gasteiger partial charge on any atom is -0.222 e. The summed E-state index contributed by atoms with van der Waals surface area (Å²) in [5.74, 6) is 0. The molecule has 104 valence electrons. The lowest BCUT2D eigenvalue weighted by Crippen LogP contribution is -2.37. The van der Waals surface area contributed by atoms with Crippen LogP contribution in [-0.2, 0) is 24.8 Å². The van der Waals surface area contributed by atoms with Gasteiger partial charge in [-0.2, -0.15) is 13.1 Å². The van der Waals surface area contributed by atoms with Crippen molar-refractivity contribution in [2.45, 2.75) is 24.1 Å². The van der Waals surface area contributed by atoms with Crippen molar-refractivity contribution in [3.05, 3.63) is 29.8 Å². The predicted molar refractivity (Wildman–Crippen MR) is 68.0 cm³/mol. The first kappa shape index (κ1) is 15.5. The van der Waals surface area contributed by atoms with Crippen LogP contribution in [-0.4, -0.2) is 28.3 Å². The average Bonchev–Trinajstić information content (AvgIpc) is 2.28. The number of rotatable bonds is 5. The molecule has 0 bridgehead atoms. The molecule has 0 spiro atoms. The Morgan fingerprint density at radius 3 is 2.16 bits per heavy atom. The lowest BCUT2D eigenvalue weighted by molar-refractivity contribution is 0.554. The maximum atomic E-state index is 12.1. The van der Waals surface area contributed by atoms with Gasteiger partial charge in [0.05, 0.1) is 4.90 Å². The fourth-order valence-electron chi connectivity index (χ4n) is 1.28. The summed E-state index contributed by atoms with van der Waals surface area (Å²) in [5.41, 5.74) is 0.873. The zero-order chi connectivity index (χ0) is 14.7. The number of sulfone groups is 1. The Balaban J connectivity index is 3.08. The third-order valence-electron chi connectivity index (χ3n) is 2.29. The van der Waals surface area contributed by atoms with Gasteiger partial charge in [-0.1, -0.05) is 22.1 Å². The summed E-state index contributed by atoms with van der Waals surface area (Å²) in [6.45, 7) is 2.94. The molecule has 1 atom stereocenters. The average molecular weight is 304 g/mol. The fraction of sp³-hybridized carbons (Fsp3) is 0.300. The Kier molecular flexibility index (Phi) is 4.59. The van der Waals surface area contributed by atoms with Crippen LogP contribution >= 0.6 is 0 Å². The van der Waals surface area contributed by atoms with Crippen molar-refractivity contribution in [3.8, 4) is 0 Å². The third kappa shape index (κ3) is 3.97. The molecule has 0 aliphatic carbocycles. The van der Waals surface area contributed by atoms with Gasteiger partial charge in [0.1, 0.15) is 5.37 Å². The lowest BCUT2D eigenvalue weighted by Gasteiger charge is -2.12. The Bertz CT molecular complexity index is 701. The number of hydrogen-bond donors (Lipinski definition) is 1. The molecule has 19 heavy (non-hydrogen) atoms. The summed E-state index contributed by atoms with van der Waals surface area (Å²) in [5, 5.41) is -1.45. The number of hydrogen-bond acceptors (Lipinski definition) is 5. The van der Waals surface area contributed by atoms with E-state index in [1.54, 1.807) is 23.8 Å². The van der Waals surface area contributed by atoms with Crippen molar-refractivity contribution < 1.29 is 21.6 Å². The van der Waals surface area contributed by atoms with E-state index in [1.807, 2.05) is 0 Å². The summed E-state index contributed by atoms with van der Waals surface area (Å²) in [7, 11) is -8.25. The molecule has 0 amide bonds. The number of carbonyl (C=O) groups excluding carboxylic acids is 1. The van der Waals surface area contributed by atoms with E-state index in [1.165, 1.54) is 12.1 Å². The first-order valence-corrected chi connectivity index (χ1v) is 8.09. The monoisotopic (exact) mass is 304 g/mol. The van der Waals surface area contributed by atoms with Crippen molar-refractivity contribution in [2.24, 2.45) is 4.40 Å². The largest absolute Gasteiger partial charge is 0.331 e. The minimum absolute atomic E-state index is 0.0246. The Morgan fingerprint density at radius 2 is 1.68 bits per heavy atom. The Hall–Kier alpha value is -1.54. The normalized spacial score (nSPS) is 13.6. The summed E-state index contributed by atoms with van der Waals surface area (Å²) in [6, 6.07) is 5.94. The van der Waals surface area contributed by atoms with Crippen molar-refractivity contribution in [2.75, 3.05) is 0 Å². The van der Waals surface area contributed by atoms with Crippen LogP contribution in [0.15, 0.2) is 33.6 Å². The van der Waals surface area contributed by atoms with Crippen molar-refractivity contribution in [1.82, 2.24) is 4.72 Å². The van der Waals surface area contributed by atoms with E-state index < -0.39 is 25.4 Å². The highest BCUT2D eigenvalue weighted by atomic mass is 32.2. The van der Waals surface area contributed by atoms with Gasteiger partial charge in [0, 0.05) is 0 Å². The molecule has 7 nitrogen and oxygen atoms in total. The van der Waals surface area contributed by atoms with Gasteiger partial charge in [0.2, 0.25) is 0 Å². The fourth-order valence-corrected chi connectivity index (χ4v) is 3.65. The van der Waals surface area contributed by atoms with Crippen LogP contribution in [0.25, 0.3) is 0 Å². The van der Waals surface area contributed by atoms with Gasteiger partial charge in [0.15, 0.2) is 9.84 Å². The molecule has 0 aliphatic heterocycles. The highest BCUT2D eigenvalue weighted by Gasteiger charge is 2.27. The molecule has 1 rings (SSSR count). The smallest absolute Gasteiger partial charge is 0.222 e. The summed E-state index contributed by atoms with van der Waals surface area (Å²) in [6.07, 6.45) is 0.842. The van der Waals surface area contributed by atoms with Gasteiger partial charge in [0.25, 0.3) is 6.08 Å². The first-order chi connectivity index (χ1) is 8.69. The van der Waals surface area contributed by atoms with E-state index in [2.05, 4.69) is 4.40 Å². The molecule has 0 radical (unpaired) electrons. The van der Waals surface area contributed by atoms with E-state index in [0.717, 1.165) is 18.6 Å². The lowest BCUT2D eigenvalue weighted by atomic mass is 10.2. The SMILES string of the molecule is Cc1ccc(S(=O)(=O)C(C)NS(=O)(=O)N=C=O)cc1. The second-order valence-electron chi connectivity index (χ2n) is 3.78. The molecule has 9 heteroatoms. The number of nitrogens with zero attached hydrogens (tertiary/aromatic N) is 1. The molecule has 1 aromatic rings. The van der Waals surface area contributed by atoms with Crippen LogP contribution < -0.4 is 4.72 Å². The van der Waals surface area contributed by atoms with Gasteiger partial charge in [-0.15, -0.1) is 0 Å². The van der Waals surface area contributed by atoms with E-state index in [-0.39, 0.29) is 4.90 Å². The van der Waals surface area contributed by atoms with Crippen molar-refractivity contribution in [1.29, 1.82) is 0 Å². The summed E-state index contributed by atoms with van der Waals surface area (Å²) in [4.78, 5) is 9.87. The molecular weight excluding hydrogens is 292 g/mol. The molecule has 0 aliphatic rings. The summed E-state index contributed by atoms with van der Waals surface area (Å²) >= 11 is 0. The highest BCUT2D eigenvalue weighted by Crippen LogP contribution is 2.15. The van der Waals surface area contributed by atoms with Crippen molar-refractivity contribution in [3.63, 3.8) is 0 Å². The molecule has 0 saturated heterocycles. The van der Waals surface area contributed by atoms with E-state index in [4.69, 9.17) is 0 Å². The maximum Gasteiger partial charge on any atom is 0.331 e. The van der Waals surface area contributed by atoms with Crippen LogP contribution in [0.2, 0.25) is 0 Å². The zero-order valence-electron chi connectivity index (χ0n) is 10.2. The van der Waals surface area contributed by atoms with E-state index in [0.29, 0.717) is 0 Å². The molecule has 0 heterocycles. The molecule has 1 unspecified atom stereocenters. The molecule has 0 fully saturated rings. The molecular formula is C10H12N2O5S2. The minimum atomic E-state index is -4.36. The maximum absolute atomic E-state index is 12.1. The van der Waals surface area contributed by atoms with Gasteiger partial charge in [-0.05, 0) is 26.0 Å². The standard InChI is InChI=1S/C10H12N2O5S2/c1-8-3-5-10(6-4-8)18(14,15)9(2)12-19(16,17)11-7-13/h3-6,9,12H,1-2H3. The quantitative estimate of drug-likeness (QED) is 0.621. The van der Waals surface area contributed by atoms with E-state index in [9.17, 15) is 21.6 Å². The van der Waals surface area contributed by atoms with Gasteiger partial charge < -0.3 is 0 Å². The number of benzene rings is 1. The third-order valence-corrected chi connectivity index (χ3v) is 5.38.